The highest BCUT2D eigenvalue weighted by atomic mass is 35.5. The van der Waals surface area contributed by atoms with Crippen molar-refractivity contribution in [3.8, 4) is 0 Å². The van der Waals surface area contributed by atoms with Crippen LogP contribution in [0.4, 0.5) is 4.39 Å². The first kappa shape index (κ1) is 11.1. The van der Waals surface area contributed by atoms with Gasteiger partial charge in [0, 0.05) is 18.0 Å². The average Bonchev–Trinajstić information content (AvgIpc) is 2.18. The summed E-state index contributed by atoms with van der Waals surface area (Å²) in [6, 6.07) is 3.98. The van der Waals surface area contributed by atoms with Gasteiger partial charge in [-0.1, -0.05) is 11.6 Å². The molecular weight excluding hydrogens is 205 g/mol. The maximum absolute atomic E-state index is 13.1. The van der Waals surface area contributed by atoms with Gasteiger partial charge in [-0.15, -0.1) is 0 Å². The predicted octanol–water partition coefficient (Wildman–Crippen LogP) is 2.27. The highest BCUT2D eigenvalue weighted by molar-refractivity contribution is 6.31. The Kier molecular flexibility index (Phi) is 4.04. The molecule has 1 N–H and O–H groups in total. The second kappa shape index (κ2) is 5.08. The van der Waals surface area contributed by atoms with Crippen LogP contribution in [0.1, 0.15) is 16.8 Å². The van der Waals surface area contributed by atoms with E-state index < -0.39 is 5.82 Å². The molecule has 0 amide bonds. The van der Waals surface area contributed by atoms with E-state index in [2.05, 4.69) is 5.32 Å². The summed E-state index contributed by atoms with van der Waals surface area (Å²) in [6.07, 6.45) is 0.272. The molecule has 2 nitrogen and oxygen atoms in total. The van der Waals surface area contributed by atoms with Crippen molar-refractivity contribution >= 4 is 17.4 Å². The largest absolute Gasteiger partial charge is 0.319 e. The van der Waals surface area contributed by atoms with Crippen molar-refractivity contribution in [1.29, 1.82) is 0 Å². The maximum atomic E-state index is 13.1. The molecule has 0 fully saturated rings. The number of carbonyl (C=O) groups is 1. The zero-order chi connectivity index (χ0) is 10.6. The lowest BCUT2D eigenvalue weighted by molar-refractivity contribution is 0.0979. The Balaban J connectivity index is 2.83. The van der Waals surface area contributed by atoms with Crippen molar-refractivity contribution < 1.29 is 9.18 Å². The van der Waals surface area contributed by atoms with Crippen molar-refractivity contribution in [1.82, 2.24) is 5.32 Å². The first-order valence-electron chi connectivity index (χ1n) is 4.28. The Morgan fingerprint density at radius 2 is 2.29 bits per heavy atom. The van der Waals surface area contributed by atoms with Gasteiger partial charge < -0.3 is 5.32 Å². The number of nitrogens with one attached hydrogen (secondary N) is 1. The maximum Gasteiger partial charge on any atom is 0.167 e. The lowest BCUT2D eigenvalue weighted by Gasteiger charge is -2.02. The molecule has 14 heavy (non-hydrogen) atoms. The molecule has 0 aliphatic heterocycles. The van der Waals surface area contributed by atoms with Crippen LogP contribution in [0.2, 0.25) is 5.02 Å². The van der Waals surface area contributed by atoms with Crippen molar-refractivity contribution in [2.24, 2.45) is 0 Å². The van der Waals surface area contributed by atoms with E-state index >= 15 is 0 Å². The van der Waals surface area contributed by atoms with Crippen molar-refractivity contribution in [3.63, 3.8) is 0 Å². The molecule has 0 heterocycles. The van der Waals surface area contributed by atoms with E-state index in [0.717, 1.165) is 0 Å². The molecule has 0 unspecified atom stereocenters. The number of ketones is 1. The van der Waals surface area contributed by atoms with Crippen LogP contribution in [0.25, 0.3) is 0 Å². The Bertz CT molecular complexity index is 341. The minimum Gasteiger partial charge on any atom is -0.319 e. The SMILES string of the molecule is CNCCC(=O)c1cc(Cl)ccc1F. The van der Waals surface area contributed by atoms with Crippen LogP contribution < -0.4 is 5.32 Å². The fraction of sp³-hybridized carbons (Fsp3) is 0.300. The fourth-order valence-electron chi connectivity index (χ4n) is 1.08. The van der Waals surface area contributed by atoms with Gasteiger partial charge in [0.2, 0.25) is 0 Å². The summed E-state index contributed by atoms with van der Waals surface area (Å²) >= 11 is 5.66. The number of Topliss-reactive ketones (excluding diaryl/α,β-unsaturated/α-hetero) is 1. The lowest BCUT2D eigenvalue weighted by Crippen LogP contribution is -2.13. The molecule has 0 saturated heterocycles. The third kappa shape index (κ3) is 2.79. The monoisotopic (exact) mass is 215 g/mol. The minimum absolute atomic E-state index is 0.0627. The van der Waals surface area contributed by atoms with Crippen LogP contribution in [0, 0.1) is 5.82 Å². The second-order valence-corrected chi connectivity index (χ2v) is 3.34. The molecule has 76 valence electrons. The quantitative estimate of drug-likeness (QED) is 0.781. The number of carbonyl (C=O) groups excluding carboxylic acids is 1. The van der Waals surface area contributed by atoms with E-state index in [0.29, 0.717) is 11.6 Å². The third-order valence-corrected chi connectivity index (χ3v) is 2.07. The van der Waals surface area contributed by atoms with E-state index in [9.17, 15) is 9.18 Å². The third-order valence-electron chi connectivity index (χ3n) is 1.83. The van der Waals surface area contributed by atoms with Crippen LogP contribution in [0.3, 0.4) is 0 Å². The molecule has 0 saturated carbocycles. The van der Waals surface area contributed by atoms with E-state index in [-0.39, 0.29) is 17.8 Å². The number of hydrogen-bond donors (Lipinski definition) is 1. The summed E-state index contributed by atoms with van der Waals surface area (Å²) in [5, 5.41) is 3.20. The molecule has 0 radical (unpaired) electrons. The smallest absolute Gasteiger partial charge is 0.167 e. The molecule has 1 aromatic rings. The molecule has 0 aliphatic rings. The van der Waals surface area contributed by atoms with Gasteiger partial charge >= 0.3 is 0 Å². The summed E-state index contributed by atoms with van der Waals surface area (Å²) in [4.78, 5) is 11.4. The van der Waals surface area contributed by atoms with Gasteiger partial charge in [0.15, 0.2) is 5.78 Å². The lowest BCUT2D eigenvalue weighted by atomic mass is 10.1. The van der Waals surface area contributed by atoms with Gasteiger partial charge in [-0.3, -0.25) is 4.79 Å². The molecule has 1 aromatic carbocycles. The van der Waals surface area contributed by atoms with Crippen molar-refractivity contribution in [2.45, 2.75) is 6.42 Å². The van der Waals surface area contributed by atoms with Gasteiger partial charge in [-0.25, -0.2) is 4.39 Å². The van der Waals surface area contributed by atoms with Gasteiger partial charge in [0.25, 0.3) is 0 Å². The van der Waals surface area contributed by atoms with Crippen LogP contribution in [0.15, 0.2) is 18.2 Å². The minimum atomic E-state index is -0.518. The van der Waals surface area contributed by atoms with Gasteiger partial charge in [-0.2, -0.15) is 0 Å². The topological polar surface area (TPSA) is 29.1 Å². The zero-order valence-corrected chi connectivity index (χ0v) is 8.57. The Morgan fingerprint density at radius 3 is 2.93 bits per heavy atom. The average molecular weight is 216 g/mol. The Morgan fingerprint density at radius 1 is 1.57 bits per heavy atom. The van der Waals surface area contributed by atoms with Crippen LogP contribution >= 0.6 is 11.6 Å². The highest BCUT2D eigenvalue weighted by Gasteiger charge is 2.11. The highest BCUT2D eigenvalue weighted by Crippen LogP contribution is 2.16. The number of hydrogen-bond acceptors (Lipinski definition) is 2. The van der Waals surface area contributed by atoms with Crippen LogP contribution in [-0.2, 0) is 0 Å². The van der Waals surface area contributed by atoms with Gasteiger partial charge in [0.05, 0.1) is 5.56 Å². The first-order valence-corrected chi connectivity index (χ1v) is 4.66. The van der Waals surface area contributed by atoms with Gasteiger partial charge in [0.1, 0.15) is 5.82 Å². The predicted molar refractivity (Wildman–Crippen MR) is 54.3 cm³/mol. The number of benzene rings is 1. The van der Waals surface area contributed by atoms with Crippen LogP contribution in [0.5, 0.6) is 0 Å². The molecule has 0 aromatic heterocycles. The summed E-state index contributed by atoms with van der Waals surface area (Å²) in [5.41, 5.74) is 0.0627. The standard InChI is InChI=1S/C10H11ClFNO/c1-13-5-4-10(14)8-6-7(11)2-3-9(8)12/h2-3,6,13H,4-5H2,1H3. The van der Waals surface area contributed by atoms with Crippen LogP contribution in [-0.4, -0.2) is 19.4 Å². The molecular formula is C10H11ClFNO. The van der Waals surface area contributed by atoms with E-state index in [1.54, 1.807) is 7.05 Å². The first-order chi connectivity index (χ1) is 6.65. The van der Waals surface area contributed by atoms with E-state index in [1.807, 2.05) is 0 Å². The summed E-state index contributed by atoms with van der Waals surface area (Å²) in [7, 11) is 1.74. The fourth-order valence-corrected chi connectivity index (χ4v) is 1.26. The number of rotatable bonds is 4. The zero-order valence-electron chi connectivity index (χ0n) is 7.81. The summed E-state index contributed by atoms with van der Waals surface area (Å²) in [6.45, 7) is 0.533. The summed E-state index contributed by atoms with van der Waals surface area (Å²) in [5.74, 6) is -0.755. The van der Waals surface area contributed by atoms with E-state index in [4.69, 9.17) is 11.6 Å². The summed E-state index contributed by atoms with van der Waals surface area (Å²) < 4.78 is 13.1. The Hall–Kier alpha value is -0.930. The molecule has 0 aliphatic carbocycles. The molecule has 4 heteroatoms. The number of halogens is 2. The molecule has 0 spiro atoms. The second-order valence-electron chi connectivity index (χ2n) is 2.90. The van der Waals surface area contributed by atoms with Gasteiger partial charge in [-0.05, 0) is 25.2 Å². The van der Waals surface area contributed by atoms with Crippen molar-refractivity contribution in [3.05, 3.63) is 34.6 Å². The molecule has 0 bridgehead atoms. The van der Waals surface area contributed by atoms with Crippen molar-refractivity contribution in [2.75, 3.05) is 13.6 Å². The Labute approximate surface area is 87.1 Å². The van der Waals surface area contributed by atoms with E-state index in [1.165, 1.54) is 18.2 Å². The molecule has 1 rings (SSSR count). The normalized spacial score (nSPS) is 10.2. The molecule has 0 atom stereocenters.